The molecule has 0 radical (unpaired) electrons. The molecular weight excluding hydrogens is 382 g/mol. The fraction of sp³-hybridized carbons (Fsp3) is 0.214. The number of aromatic hydroxyl groups is 1. The van der Waals surface area contributed by atoms with Gasteiger partial charge in [-0.1, -0.05) is 0 Å². The minimum absolute atomic E-state index is 0.104. The van der Waals surface area contributed by atoms with Gasteiger partial charge in [-0.3, -0.25) is 24.8 Å². The first kappa shape index (κ1) is 19.7. The number of nitro groups is 1. The van der Waals surface area contributed by atoms with Crippen molar-refractivity contribution < 1.29 is 24.7 Å². The minimum Gasteiger partial charge on any atom is -0.504 e. The van der Waals surface area contributed by atoms with Crippen LogP contribution >= 0.6 is 12.2 Å². The number of aliphatic carboxylic acids is 1. The highest BCUT2D eigenvalue weighted by Crippen LogP contribution is 2.32. The molecule has 0 bridgehead atoms. The lowest BCUT2D eigenvalue weighted by Gasteiger charge is -2.05. The Morgan fingerprint density at radius 2 is 2.26 bits per heavy atom. The van der Waals surface area contributed by atoms with E-state index in [-0.39, 0.29) is 40.4 Å². The lowest BCUT2D eigenvalue weighted by molar-refractivity contribution is -0.385. The molecular formula is C14H13N5O7S. The molecule has 0 unspecified atom stereocenters. The molecule has 0 aliphatic carbocycles. The summed E-state index contributed by atoms with van der Waals surface area (Å²) in [6.45, 7) is 0. The van der Waals surface area contributed by atoms with E-state index in [1.54, 1.807) is 0 Å². The number of carboxylic acid groups (broad SMARTS) is 1. The summed E-state index contributed by atoms with van der Waals surface area (Å²) < 4.78 is 5.34. The van der Waals surface area contributed by atoms with Gasteiger partial charge in [0.15, 0.2) is 11.5 Å². The van der Waals surface area contributed by atoms with Crippen LogP contribution in [0.5, 0.6) is 11.5 Å². The number of aromatic amines is 1. The van der Waals surface area contributed by atoms with Crippen molar-refractivity contribution in [1.29, 1.82) is 0 Å². The molecule has 142 valence electrons. The van der Waals surface area contributed by atoms with Crippen molar-refractivity contribution >= 4 is 30.1 Å². The van der Waals surface area contributed by atoms with Crippen LogP contribution in [0, 0.1) is 14.9 Å². The highest BCUT2D eigenvalue weighted by Gasteiger charge is 2.18. The SMILES string of the molecule is COc1cc([N+](=O)[O-])c(/C=N\n2c(=S)[nH]nc(CCC(=O)O)c2=O)cc1O. The average Bonchev–Trinajstić information content (AvgIpc) is 2.60. The number of nitrogens with zero attached hydrogens (tertiary/aromatic N) is 4. The van der Waals surface area contributed by atoms with E-state index >= 15 is 0 Å². The van der Waals surface area contributed by atoms with Crippen LogP contribution in [0.1, 0.15) is 17.7 Å². The average molecular weight is 395 g/mol. The third kappa shape index (κ3) is 4.52. The third-order valence-corrected chi connectivity index (χ3v) is 3.60. The quantitative estimate of drug-likeness (QED) is 0.265. The summed E-state index contributed by atoms with van der Waals surface area (Å²) >= 11 is 4.91. The van der Waals surface area contributed by atoms with Crippen LogP contribution in [0.3, 0.4) is 0 Å². The second kappa shape index (κ2) is 8.18. The second-order valence-electron chi connectivity index (χ2n) is 5.07. The monoisotopic (exact) mass is 395 g/mol. The lowest BCUT2D eigenvalue weighted by Crippen LogP contribution is -2.25. The number of hydrogen-bond acceptors (Lipinski definition) is 9. The van der Waals surface area contributed by atoms with Crippen molar-refractivity contribution in [2.75, 3.05) is 7.11 Å². The van der Waals surface area contributed by atoms with Gasteiger partial charge in [0.1, 0.15) is 5.69 Å². The number of nitro benzene ring substituents is 1. The summed E-state index contributed by atoms with van der Waals surface area (Å²) in [6.07, 6.45) is 0.483. The number of carbonyl (C=O) groups is 1. The lowest BCUT2D eigenvalue weighted by atomic mass is 10.1. The first-order valence-corrected chi connectivity index (χ1v) is 7.67. The maximum absolute atomic E-state index is 12.3. The van der Waals surface area contributed by atoms with Gasteiger partial charge < -0.3 is 14.9 Å². The van der Waals surface area contributed by atoms with Gasteiger partial charge in [-0.15, -0.1) is 0 Å². The van der Waals surface area contributed by atoms with E-state index in [2.05, 4.69) is 15.3 Å². The molecule has 0 spiro atoms. The zero-order chi connectivity index (χ0) is 20.1. The van der Waals surface area contributed by atoms with E-state index in [0.717, 1.165) is 18.3 Å². The van der Waals surface area contributed by atoms with Crippen molar-refractivity contribution in [3.8, 4) is 11.5 Å². The molecule has 0 atom stereocenters. The van der Waals surface area contributed by atoms with Crippen molar-refractivity contribution in [3.05, 3.63) is 48.6 Å². The number of aromatic nitrogens is 3. The number of carboxylic acids is 1. The minimum atomic E-state index is -1.11. The molecule has 0 amide bonds. The van der Waals surface area contributed by atoms with E-state index < -0.39 is 22.1 Å². The van der Waals surface area contributed by atoms with Crippen molar-refractivity contribution in [2.24, 2.45) is 5.10 Å². The third-order valence-electron chi connectivity index (χ3n) is 3.33. The molecule has 3 N–H and O–H groups in total. The largest absolute Gasteiger partial charge is 0.504 e. The molecule has 0 aliphatic heterocycles. The molecule has 1 aromatic carbocycles. The smallest absolute Gasteiger partial charge is 0.303 e. The molecule has 0 saturated heterocycles. The summed E-state index contributed by atoms with van der Waals surface area (Å²) in [7, 11) is 1.24. The number of aryl methyl sites for hydroxylation is 1. The van der Waals surface area contributed by atoms with Crippen LogP contribution in [0.15, 0.2) is 22.0 Å². The Labute approximate surface area is 155 Å². The van der Waals surface area contributed by atoms with Crippen molar-refractivity contribution in [1.82, 2.24) is 14.9 Å². The summed E-state index contributed by atoms with van der Waals surface area (Å²) in [5.74, 6) is -1.58. The number of phenols is 1. The molecule has 1 aromatic heterocycles. The number of H-pyrrole nitrogens is 1. The van der Waals surface area contributed by atoms with E-state index in [9.17, 15) is 24.8 Å². The van der Waals surface area contributed by atoms with Crippen LogP contribution < -0.4 is 10.3 Å². The Hall–Kier alpha value is -3.61. The van der Waals surface area contributed by atoms with Gasteiger partial charge in [-0.25, -0.2) is 0 Å². The Kier molecular flexibility index (Phi) is 5.97. The molecule has 13 heteroatoms. The highest BCUT2D eigenvalue weighted by molar-refractivity contribution is 7.71. The topological polar surface area (TPSA) is 173 Å². The number of ether oxygens (including phenoxy) is 1. The molecule has 2 aromatic rings. The number of phenolic OH excluding ortho intramolecular Hbond substituents is 1. The summed E-state index contributed by atoms with van der Waals surface area (Å²) in [4.78, 5) is 33.4. The van der Waals surface area contributed by atoms with E-state index in [4.69, 9.17) is 22.1 Å². The molecule has 2 rings (SSSR count). The summed E-state index contributed by atoms with van der Waals surface area (Å²) in [5, 5.41) is 39.5. The number of rotatable bonds is 7. The molecule has 0 aliphatic rings. The van der Waals surface area contributed by atoms with Crippen LogP contribution in [-0.2, 0) is 11.2 Å². The predicted molar refractivity (Wildman–Crippen MR) is 93.9 cm³/mol. The number of methoxy groups -OCH3 is 1. The molecule has 0 fully saturated rings. The van der Waals surface area contributed by atoms with E-state index in [1.807, 2.05) is 0 Å². The predicted octanol–water partition coefficient (Wildman–Crippen LogP) is 0.823. The maximum Gasteiger partial charge on any atom is 0.303 e. The van der Waals surface area contributed by atoms with Gasteiger partial charge in [0.25, 0.3) is 11.2 Å². The van der Waals surface area contributed by atoms with Gasteiger partial charge in [0.2, 0.25) is 4.77 Å². The van der Waals surface area contributed by atoms with Gasteiger partial charge >= 0.3 is 5.97 Å². The fourth-order valence-electron chi connectivity index (χ4n) is 2.04. The molecule has 27 heavy (non-hydrogen) atoms. The Bertz CT molecular complexity index is 1040. The van der Waals surface area contributed by atoms with Crippen molar-refractivity contribution in [2.45, 2.75) is 12.8 Å². The Balaban J connectivity index is 2.49. The Morgan fingerprint density at radius 1 is 1.56 bits per heavy atom. The molecule has 0 saturated carbocycles. The number of hydrogen-bond donors (Lipinski definition) is 3. The van der Waals surface area contributed by atoms with Gasteiger partial charge in [0.05, 0.1) is 36.3 Å². The van der Waals surface area contributed by atoms with Gasteiger partial charge in [-0.05, 0) is 18.3 Å². The van der Waals surface area contributed by atoms with Gasteiger partial charge in [0, 0.05) is 6.42 Å². The normalized spacial score (nSPS) is 10.9. The van der Waals surface area contributed by atoms with E-state index in [0.29, 0.717) is 4.68 Å². The standard InChI is InChI=1S/C14H13N5O7S/c1-26-11-5-9(19(24)25)7(4-10(11)20)6-15-18-13(23)8(2-3-12(21)22)16-17-14(18)27/h4-6,20H,2-3H2,1H3,(H,17,27)(H,21,22)/b15-6-. The number of benzene rings is 1. The number of nitrogens with one attached hydrogen (secondary N) is 1. The highest BCUT2D eigenvalue weighted by atomic mass is 32.1. The fourth-order valence-corrected chi connectivity index (χ4v) is 2.21. The zero-order valence-corrected chi connectivity index (χ0v) is 14.6. The maximum atomic E-state index is 12.3. The van der Waals surface area contributed by atoms with Crippen molar-refractivity contribution in [3.63, 3.8) is 0 Å². The Morgan fingerprint density at radius 3 is 2.85 bits per heavy atom. The second-order valence-corrected chi connectivity index (χ2v) is 5.46. The summed E-state index contributed by atoms with van der Waals surface area (Å²) in [5.41, 5.74) is -1.41. The first-order valence-electron chi connectivity index (χ1n) is 7.26. The molecule has 12 nitrogen and oxygen atoms in total. The van der Waals surface area contributed by atoms with Gasteiger partial charge in [-0.2, -0.15) is 14.9 Å². The summed E-state index contributed by atoms with van der Waals surface area (Å²) in [6, 6.07) is 2.05. The van der Waals surface area contributed by atoms with Crippen LogP contribution in [0.4, 0.5) is 5.69 Å². The van der Waals surface area contributed by atoms with Crippen LogP contribution in [0.2, 0.25) is 0 Å². The van der Waals surface area contributed by atoms with Crippen LogP contribution in [-0.4, -0.2) is 49.3 Å². The molecule has 1 heterocycles. The first-order chi connectivity index (χ1) is 12.7. The van der Waals surface area contributed by atoms with E-state index in [1.165, 1.54) is 7.11 Å². The van der Waals surface area contributed by atoms with Crippen LogP contribution in [0.25, 0.3) is 0 Å². The zero-order valence-electron chi connectivity index (χ0n) is 13.8.